The number of esters is 1. The van der Waals surface area contributed by atoms with E-state index < -0.39 is 0 Å². The molecule has 4 heteroatoms. The van der Waals surface area contributed by atoms with Gasteiger partial charge >= 0.3 is 5.97 Å². The topological polar surface area (TPSA) is 35.5 Å². The molecule has 1 aliphatic carbocycles. The van der Waals surface area contributed by atoms with Gasteiger partial charge < -0.3 is 9.47 Å². The highest BCUT2D eigenvalue weighted by atomic mass is 32.1. The van der Waals surface area contributed by atoms with Crippen molar-refractivity contribution in [3.63, 3.8) is 0 Å². The van der Waals surface area contributed by atoms with Gasteiger partial charge in [-0.3, -0.25) is 4.79 Å². The normalized spacial score (nSPS) is 23.1. The molecule has 2 unspecified atom stereocenters. The molecule has 1 aromatic carbocycles. The first kappa shape index (κ1) is 14.4. The summed E-state index contributed by atoms with van der Waals surface area (Å²) >= 11 is 4.22. The Bertz CT molecular complexity index is 416. The molecule has 0 aliphatic heterocycles. The van der Waals surface area contributed by atoms with Gasteiger partial charge in [-0.2, -0.15) is 0 Å². The van der Waals surface area contributed by atoms with Crippen LogP contribution >= 0.6 is 12.6 Å². The van der Waals surface area contributed by atoms with Gasteiger partial charge in [0.05, 0.1) is 12.5 Å². The quantitative estimate of drug-likeness (QED) is 0.680. The monoisotopic (exact) mass is 280 g/mol. The van der Waals surface area contributed by atoms with Crippen LogP contribution in [-0.2, 0) is 20.7 Å². The van der Waals surface area contributed by atoms with Crippen molar-refractivity contribution in [3.05, 3.63) is 29.8 Å². The van der Waals surface area contributed by atoms with E-state index in [9.17, 15) is 4.79 Å². The lowest BCUT2D eigenvalue weighted by Gasteiger charge is -2.27. The van der Waals surface area contributed by atoms with Gasteiger partial charge in [0.25, 0.3) is 0 Å². The SMILES string of the molecule is COC1CCCC(OC(=O)Cc2ccc(S)cc2)C1. The molecule has 0 amide bonds. The second-order valence-corrected chi connectivity index (χ2v) is 5.50. The Morgan fingerprint density at radius 1 is 1.26 bits per heavy atom. The largest absolute Gasteiger partial charge is 0.462 e. The van der Waals surface area contributed by atoms with Crippen LogP contribution in [0.2, 0.25) is 0 Å². The molecule has 2 atom stereocenters. The maximum atomic E-state index is 11.9. The Morgan fingerprint density at radius 2 is 1.95 bits per heavy atom. The fraction of sp³-hybridized carbons (Fsp3) is 0.533. The van der Waals surface area contributed by atoms with Gasteiger partial charge in [0.15, 0.2) is 0 Å². The Hall–Kier alpha value is -1.00. The maximum Gasteiger partial charge on any atom is 0.310 e. The third-order valence-electron chi connectivity index (χ3n) is 3.49. The van der Waals surface area contributed by atoms with E-state index in [1.54, 1.807) is 7.11 Å². The summed E-state index contributed by atoms with van der Waals surface area (Å²) in [7, 11) is 1.72. The van der Waals surface area contributed by atoms with Gasteiger partial charge in [-0.25, -0.2) is 0 Å². The fourth-order valence-electron chi connectivity index (χ4n) is 2.43. The van der Waals surface area contributed by atoms with Crippen molar-refractivity contribution in [2.24, 2.45) is 0 Å². The van der Waals surface area contributed by atoms with E-state index in [0.717, 1.165) is 36.1 Å². The molecule has 1 aliphatic rings. The number of hydrogen-bond donors (Lipinski definition) is 1. The van der Waals surface area contributed by atoms with Crippen LogP contribution in [0.3, 0.4) is 0 Å². The van der Waals surface area contributed by atoms with E-state index in [1.807, 2.05) is 24.3 Å². The molecule has 104 valence electrons. The Labute approximate surface area is 119 Å². The van der Waals surface area contributed by atoms with Gasteiger partial charge in [0, 0.05) is 18.4 Å². The lowest BCUT2D eigenvalue weighted by atomic mass is 9.95. The van der Waals surface area contributed by atoms with E-state index in [-0.39, 0.29) is 18.2 Å². The molecule has 0 heterocycles. The van der Waals surface area contributed by atoms with Crippen molar-refractivity contribution in [2.75, 3.05) is 7.11 Å². The zero-order valence-electron chi connectivity index (χ0n) is 11.2. The van der Waals surface area contributed by atoms with Crippen molar-refractivity contribution in [1.29, 1.82) is 0 Å². The summed E-state index contributed by atoms with van der Waals surface area (Å²) in [6.07, 6.45) is 4.45. The number of carbonyl (C=O) groups is 1. The summed E-state index contributed by atoms with van der Waals surface area (Å²) in [5.41, 5.74) is 0.960. The number of rotatable bonds is 4. The number of hydrogen-bond acceptors (Lipinski definition) is 4. The van der Waals surface area contributed by atoms with Crippen LogP contribution in [0.5, 0.6) is 0 Å². The van der Waals surface area contributed by atoms with Crippen LogP contribution in [0.25, 0.3) is 0 Å². The molecule has 1 fully saturated rings. The smallest absolute Gasteiger partial charge is 0.310 e. The van der Waals surface area contributed by atoms with Crippen molar-refractivity contribution < 1.29 is 14.3 Å². The summed E-state index contributed by atoms with van der Waals surface area (Å²) in [5.74, 6) is -0.159. The highest BCUT2D eigenvalue weighted by Crippen LogP contribution is 2.23. The zero-order valence-corrected chi connectivity index (χ0v) is 12.1. The lowest BCUT2D eigenvalue weighted by molar-refractivity contribution is -0.151. The van der Waals surface area contributed by atoms with Crippen molar-refractivity contribution in [2.45, 2.75) is 49.2 Å². The van der Waals surface area contributed by atoms with Crippen molar-refractivity contribution in [1.82, 2.24) is 0 Å². The third kappa shape index (κ3) is 4.55. The third-order valence-corrected chi connectivity index (χ3v) is 3.79. The molecule has 0 spiro atoms. The summed E-state index contributed by atoms with van der Waals surface area (Å²) < 4.78 is 10.9. The number of ether oxygens (including phenoxy) is 2. The molecule has 2 rings (SSSR count). The highest BCUT2D eigenvalue weighted by molar-refractivity contribution is 7.80. The predicted molar refractivity (Wildman–Crippen MR) is 76.5 cm³/mol. The van der Waals surface area contributed by atoms with E-state index in [2.05, 4.69) is 12.6 Å². The standard InChI is InChI=1S/C15H20O3S/c1-17-12-3-2-4-13(10-12)18-15(16)9-11-5-7-14(19)8-6-11/h5-8,12-13,19H,2-4,9-10H2,1H3. The van der Waals surface area contributed by atoms with E-state index >= 15 is 0 Å². The first-order valence-corrected chi connectivity index (χ1v) is 7.12. The minimum absolute atomic E-state index is 0.00959. The molecule has 0 bridgehead atoms. The number of carbonyl (C=O) groups excluding carboxylic acids is 1. The second-order valence-electron chi connectivity index (χ2n) is 4.98. The highest BCUT2D eigenvalue weighted by Gasteiger charge is 2.24. The van der Waals surface area contributed by atoms with Crippen LogP contribution in [0.4, 0.5) is 0 Å². The van der Waals surface area contributed by atoms with E-state index in [1.165, 1.54) is 0 Å². The first-order chi connectivity index (χ1) is 9.17. The first-order valence-electron chi connectivity index (χ1n) is 6.67. The van der Waals surface area contributed by atoms with Gasteiger partial charge in [0.1, 0.15) is 6.10 Å². The lowest BCUT2D eigenvalue weighted by Crippen LogP contribution is -2.29. The van der Waals surface area contributed by atoms with Crippen molar-refractivity contribution in [3.8, 4) is 0 Å². The van der Waals surface area contributed by atoms with E-state index in [0.29, 0.717) is 6.42 Å². The molecule has 19 heavy (non-hydrogen) atoms. The van der Waals surface area contributed by atoms with Crippen LogP contribution in [-0.4, -0.2) is 25.3 Å². The predicted octanol–water partition coefficient (Wildman–Crippen LogP) is 3.02. The molecule has 0 aromatic heterocycles. The Kier molecular flexibility index (Phi) is 5.28. The van der Waals surface area contributed by atoms with Crippen LogP contribution < -0.4 is 0 Å². The Balaban J connectivity index is 1.82. The summed E-state index contributed by atoms with van der Waals surface area (Å²) in [6, 6.07) is 7.57. The molecule has 1 aromatic rings. The minimum Gasteiger partial charge on any atom is -0.462 e. The minimum atomic E-state index is -0.159. The maximum absolute atomic E-state index is 11.9. The molecular formula is C15H20O3S. The molecule has 0 N–H and O–H groups in total. The summed E-state index contributed by atoms with van der Waals surface area (Å²) in [6.45, 7) is 0. The zero-order chi connectivity index (χ0) is 13.7. The van der Waals surface area contributed by atoms with Gasteiger partial charge in [0.2, 0.25) is 0 Å². The van der Waals surface area contributed by atoms with Gasteiger partial charge in [-0.1, -0.05) is 12.1 Å². The van der Waals surface area contributed by atoms with Crippen LogP contribution in [0, 0.1) is 0 Å². The number of thiol groups is 1. The molecular weight excluding hydrogens is 260 g/mol. The summed E-state index contributed by atoms with van der Waals surface area (Å²) in [4.78, 5) is 12.8. The summed E-state index contributed by atoms with van der Waals surface area (Å²) in [5, 5.41) is 0. The van der Waals surface area contributed by atoms with E-state index in [4.69, 9.17) is 9.47 Å². The number of methoxy groups -OCH3 is 1. The van der Waals surface area contributed by atoms with Crippen LogP contribution in [0.15, 0.2) is 29.2 Å². The number of benzene rings is 1. The average Bonchev–Trinajstić information content (AvgIpc) is 2.41. The molecule has 0 saturated heterocycles. The fourth-order valence-corrected chi connectivity index (χ4v) is 2.58. The van der Waals surface area contributed by atoms with Crippen LogP contribution in [0.1, 0.15) is 31.2 Å². The molecule has 3 nitrogen and oxygen atoms in total. The van der Waals surface area contributed by atoms with Crippen molar-refractivity contribution >= 4 is 18.6 Å². The molecule has 1 saturated carbocycles. The average molecular weight is 280 g/mol. The Morgan fingerprint density at radius 3 is 2.63 bits per heavy atom. The molecule has 0 radical (unpaired) electrons. The van der Waals surface area contributed by atoms with Gasteiger partial charge in [-0.15, -0.1) is 12.6 Å². The second kappa shape index (κ2) is 6.96. The van der Waals surface area contributed by atoms with Gasteiger partial charge in [-0.05, 0) is 37.0 Å².